The number of likely N-dealkylation sites (tertiary alicyclic amines) is 1. The number of nitrogens with zero attached hydrogens (tertiary/aromatic N) is 5. The number of carbonyl (C=O) groups excluding carboxylic acids is 1. The largest absolute Gasteiger partial charge is 0.508 e. The minimum Gasteiger partial charge on any atom is -0.508 e. The standard InChI is InChI=1S/C27H37F3N6O2/c1-18-12-22(4-5-24(18)37)17-34-10-7-21(8-11-34)6-9-31-26(38)36-19(2)15-35(16-20(36)3)23-13-32-25(33-14-23)27(28,29)30/h4-5,12-14,19-21,37H,6-11,15-17H2,1-3H3,(H,31,38)/t19-,20+. The fourth-order valence-electron chi connectivity index (χ4n) is 5.55. The number of hydrogen-bond donors (Lipinski definition) is 2. The number of urea groups is 1. The molecule has 0 bridgehead atoms. The van der Waals surface area contributed by atoms with Crippen molar-refractivity contribution in [2.45, 2.75) is 64.8 Å². The van der Waals surface area contributed by atoms with Crippen molar-refractivity contribution in [3.05, 3.63) is 47.5 Å². The monoisotopic (exact) mass is 534 g/mol. The van der Waals surface area contributed by atoms with Crippen molar-refractivity contribution in [3.8, 4) is 5.75 Å². The predicted molar refractivity (Wildman–Crippen MR) is 139 cm³/mol. The number of nitrogens with one attached hydrogen (secondary N) is 1. The Bertz CT molecular complexity index is 1080. The Morgan fingerprint density at radius 3 is 2.32 bits per heavy atom. The van der Waals surface area contributed by atoms with E-state index in [4.69, 9.17) is 0 Å². The number of benzene rings is 1. The summed E-state index contributed by atoms with van der Waals surface area (Å²) >= 11 is 0. The maximum Gasteiger partial charge on any atom is 0.451 e. The first-order valence-corrected chi connectivity index (χ1v) is 13.2. The minimum absolute atomic E-state index is 0.103. The summed E-state index contributed by atoms with van der Waals surface area (Å²) in [6.07, 6.45) is 0.939. The number of alkyl halides is 3. The second kappa shape index (κ2) is 11.8. The van der Waals surface area contributed by atoms with Gasteiger partial charge in [-0.2, -0.15) is 13.2 Å². The normalized spacial score (nSPS) is 21.5. The molecular weight excluding hydrogens is 497 g/mol. The van der Waals surface area contributed by atoms with Crippen LogP contribution in [0.1, 0.15) is 50.1 Å². The smallest absolute Gasteiger partial charge is 0.451 e. The van der Waals surface area contributed by atoms with Gasteiger partial charge < -0.3 is 20.2 Å². The van der Waals surface area contributed by atoms with Gasteiger partial charge in [0.2, 0.25) is 5.82 Å². The topological polar surface area (TPSA) is 84.8 Å². The highest BCUT2D eigenvalue weighted by atomic mass is 19.4. The van der Waals surface area contributed by atoms with Crippen LogP contribution in [0.3, 0.4) is 0 Å². The number of piperazine rings is 1. The summed E-state index contributed by atoms with van der Waals surface area (Å²) in [5.74, 6) is -0.258. The highest BCUT2D eigenvalue weighted by Crippen LogP contribution is 2.28. The van der Waals surface area contributed by atoms with E-state index < -0.39 is 12.0 Å². The molecule has 0 unspecified atom stereocenters. The van der Waals surface area contributed by atoms with Crippen LogP contribution in [-0.4, -0.2) is 75.7 Å². The van der Waals surface area contributed by atoms with Crippen LogP contribution in [0.2, 0.25) is 0 Å². The summed E-state index contributed by atoms with van der Waals surface area (Å²) in [5, 5.41) is 12.8. The van der Waals surface area contributed by atoms with Crippen LogP contribution in [0.25, 0.3) is 0 Å². The van der Waals surface area contributed by atoms with Gasteiger partial charge in [0.05, 0.1) is 18.1 Å². The molecule has 11 heteroatoms. The van der Waals surface area contributed by atoms with Crippen LogP contribution >= 0.6 is 0 Å². The quantitative estimate of drug-likeness (QED) is 0.571. The molecule has 1 aromatic carbocycles. The highest BCUT2D eigenvalue weighted by Gasteiger charge is 2.36. The molecule has 1 aromatic heterocycles. The Labute approximate surface area is 221 Å². The van der Waals surface area contributed by atoms with Crippen LogP contribution in [0.15, 0.2) is 30.6 Å². The summed E-state index contributed by atoms with van der Waals surface area (Å²) in [6, 6.07) is 5.43. The lowest BCUT2D eigenvalue weighted by atomic mass is 9.93. The molecule has 2 saturated heterocycles. The van der Waals surface area contributed by atoms with E-state index in [0.717, 1.165) is 44.5 Å². The number of piperidine rings is 1. The van der Waals surface area contributed by atoms with E-state index in [2.05, 4.69) is 20.2 Å². The molecule has 2 N–H and O–H groups in total. The molecule has 0 aliphatic carbocycles. The summed E-state index contributed by atoms with van der Waals surface area (Å²) in [7, 11) is 0. The number of hydrogen-bond acceptors (Lipinski definition) is 6. The SMILES string of the molecule is Cc1cc(CN2CCC(CCNC(=O)N3[C@H](C)CN(c4cnc(C(F)(F)F)nc4)C[C@@H]3C)CC2)ccc1O. The van der Waals surface area contributed by atoms with Gasteiger partial charge in [-0.25, -0.2) is 14.8 Å². The molecule has 3 heterocycles. The molecule has 8 nitrogen and oxygen atoms in total. The Morgan fingerprint density at radius 2 is 1.74 bits per heavy atom. The number of phenolic OH excluding ortho intramolecular Hbond substituents is 1. The average Bonchev–Trinajstić information content (AvgIpc) is 2.86. The van der Waals surface area contributed by atoms with Crippen LogP contribution in [-0.2, 0) is 12.7 Å². The molecule has 2 aromatic rings. The van der Waals surface area contributed by atoms with E-state index in [1.807, 2.05) is 42.7 Å². The zero-order chi connectivity index (χ0) is 27.4. The van der Waals surface area contributed by atoms with Crippen LogP contribution in [0, 0.1) is 12.8 Å². The second-order valence-electron chi connectivity index (χ2n) is 10.6. The number of rotatable bonds is 6. The third kappa shape index (κ3) is 6.86. The fourth-order valence-corrected chi connectivity index (χ4v) is 5.55. The van der Waals surface area contributed by atoms with Crippen molar-refractivity contribution in [1.29, 1.82) is 0 Å². The number of phenols is 1. The highest BCUT2D eigenvalue weighted by molar-refractivity contribution is 5.75. The van der Waals surface area contributed by atoms with Crippen LogP contribution in [0.5, 0.6) is 5.75 Å². The van der Waals surface area contributed by atoms with Gasteiger partial charge in [-0.3, -0.25) is 4.90 Å². The van der Waals surface area contributed by atoms with Gasteiger partial charge in [0.1, 0.15) is 5.75 Å². The first-order valence-electron chi connectivity index (χ1n) is 13.2. The molecule has 0 spiro atoms. The molecular formula is C27H37F3N6O2. The maximum atomic E-state index is 13.0. The van der Waals surface area contributed by atoms with E-state index in [0.29, 0.717) is 37.0 Å². The maximum absolute atomic E-state index is 13.0. The minimum atomic E-state index is -4.57. The van der Waals surface area contributed by atoms with Crippen molar-refractivity contribution in [2.75, 3.05) is 37.6 Å². The zero-order valence-corrected chi connectivity index (χ0v) is 22.2. The van der Waals surface area contributed by atoms with E-state index in [-0.39, 0.29) is 18.1 Å². The van der Waals surface area contributed by atoms with Gasteiger partial charge in [-0.05, 0) is 76.2 Å². The van der Waals surface area contributed by atoms with Crippen molar-refractivity contribution in [3.63, 3.8) is 0 Å². The third-order valence-corrected chi connectivity index (χ3v) is 7.61. The molecule has 2 atom stereocenters. The van der Waals surface area contributed by atoms with Crippen molar-refractivity contribution < 1.29 is 23.1 Å². The van der Waals surface area contributed by atoms with E-state index in [1.165, 1.54) is 18.0 Å². The van der Waals surface area contributed by atoms with Gasteiger partial charge in [0.25, 0.3) is 0 Å². The lowest BCUT2D eigenvalue weighted by molar-refractivity contribution is -0.145. The molecule has 2 aliphatic rings. The molecule has 0 saturated carbocycles. The summed E-state index contributed by atoms with van der Waals surface area (Å²) < 4.78 is 38.3. The summed E-state index contributed by atoms with van der Waals surface area (Å²) in [5.41, 5.74) is 2.62. The van der Waals surface area contributed by atoms with Gasteiger partial charge in [-0.1, -0.05) is 12.1 Å². The first-order chi connectivity index (χ1) is 18.0. The van der Waals surface area contributed by atoms with E-state index >= 15 is 0 Å². The zero-order valence-electron chi connectivity index (χ0n) is 22.2. The van der Waals surface area contributed by atoms with Gasteiger partial charge in [-0.15, -0.1) is 0 Å². The number of anilines is 1. The summed E-state index contributed by atoms with van der Waals surface area (Å²) in [6.45, 7) is 10.3. The summed E-state index contributed by atoms with van der Waals surface area (Å²) in [4.78, 5) is 26.1. The Kier molecular flexibility index (Phi) is 8.64. The molecule has 2 amide bonds. The lowest BCUT2D eigenvalue weighted by Gasteiger charge is -2.45. The molecule has 2 aliphatic heterocycles. The Morgan fingerprint density at radius 1 is 1.11 bits per heavy atom. The molecule has 0 radical (unpaired) electrons. The fraction of sp³-hybridized carbons (Fsp3) is 0.593. The molecule has 38 heavy (non-hydrogen) atoms. The van der Waals surface area contributed by atoms with Gasteiger partial charge >= 0.3 is 12.2 Å². The van der Waals surface area contributed by atoms with Crippen molar-refractivity contribution >= 4 is 11.7 Å². The Balaban J connectivity index is 1.19. The van der Waals surface area contributed by atoms with E-state index in [1.54, 1.807) is 6.07 Å². The van der Waals surface area contributed by atoms with Crippen LogP contribution < -0.4 is 10.2 Å². The third-order valence-electron chi connectivity index (χ3n) is 7.61. The number of amides is 2. The molecule has 4 rings (SSSR count). The van der Waals surface area contributed by atoms with Crippen molar-refractivity contribution in [2.24, 2.45) is 5.92 Å². The van der Waals surface area contributed by atoms with Gasteiger partial charge in [0.15, 0.2) is 0 Å². The van der Waals surface area contributed by atoms with Crippen LogP contribution in [0.4, 0.5) is 23.7 Å². The van der Waals surface area contributed by atoms with E-state index in [9.17, 15) is 23.1 Å². The lowest BCUT2D eigenvalue weighted by Crippen LogP contribution is -2.61. The molecule has 208 valence electrons. The number of aryl methyl sites for hydroxylation is 1. The number of aromatic nitrogens is 2. The number of halogens is 3. The number of aromatic hydroxyl groups is 1. The van der Waals surface area contributed by atoms with Gasteiger partial charge in [0, 0.05) is 38.3 Å². The predicted octanol–water partition coefficient (Wildman–Crippen LogP) is 4.42. The first kappa shape index (κ1) is 27.9. The average molecular weight is 535 g/mol. The van der Waals surface area contributed by atoms with Crippen molar-refractivity contribution in [1.82, 2.24) is 25.1 Å². The molecule has 2 fully saturated rings. The Hall–Kier alpha value is -3.08. The number of carbonyl (C=O) groups is 1. The second-order valence-corrected chi connectivity index (χ2v) is 10.6.